The van der Waals surface area contributed by atoms with E-state index < -0.39 is 0 Å². The van der Waals surface area contributed by atoms with Crippen LogP contribution < -0.4 is 5.32 Å². The van der Waals surface area contributed by atoms with Gasteiger partial charge in [-0.15, -0.1) is 0 Å². The lowest BCUT2D eigenvalue weighted by Crippen LogP contribution is -2.39. The van der Waals surface area contributed by atoms with E-state index >= 15 is 0 Å². The zero-order chi connectivity index (χ0) is 14.0. The van der Waals surface area contributed by atoms with Gasteiger partial charge >= 0.3 is 0 Å². The van der Waals surface area contributed by atoms with Crippen molar-refractivity contribution in [1.82, 2.24) is 20.0 Å². The Bertz CT molecular complexity index is 456. The van der Waals surface area contributed by atoms with Crippen LogP contribution in [0.5, 0.6) is 0 Å². The first-order valence-corrected chi connectivity index (χ1v) is 6.93. The fourth-order valence-electron chi connectivity index (χ4n) is 2.70. The summed E-state index contributed by atoms with van der Waals surface area (Å²) in [5.41, 5.74) is 1.21. The van der Waals surface area contributed by atoms with Crippen LogP contribution >= 0.6 is 0 Å². The standard InChI is InChI=1S/C14H24N4O/c1-5-14(2)6-7-18(10-14)13(19)12(15-3)11-8-16-17(4)9-11/h8-9,12,15H,5-7,10H2,1-4H3. The lowest BCUT2D eigenvalue weighted by molar-refractivity contribution is -0.132. The van der Waals surface area contributed by atoms with Crippen LogP contribution in [0.2, 0.25) is 0 Å². The molecule has 2 rings (SSSR count). The second-order valence-electron chi connectivity index (χ2n) is 5.84. The number of rotatable bonds is 4. The van der Waals surface area contributed by atoms with Crippen molar-refractivity contribution in [2.24, 2.45) is 12.5 Å². The first-order chi connectivity index (χ1) is 8.99. The Balaban J connectivity index is 2.10. The van der Waals surface area contributed by atoms with Crippen molar-refractivity contribution >= 4 is 5.91 Å². The SMILES string of the molecule is CCC1(C)CCN(C(=O)C(NC)c2cnn(C)c2)C1. The lowest BCUT2D eigenvalue weighted by Gasteiger charge is -2.25. The van der Waals surface area contributed by atoms with E-state index in [2.05, 4.69) is 24.3 Å². The van der Waals surface area contributed by atoms with Crippen molar-refractivity contribution in [3.63, 3.8) is 0 Å². The largest absolute Gasteiger partial charge is 0.340 e. The maximum atomic E-state index is 12.6. The van der Waals surface area contributed by atoms with Crippen LogP contribution in [0.25, 0.3) is 0 Å². The van der Waals surface area contributed by atoms with Gasteiger partial charge in [-0.1, -0.05) is 13.8 Å². The van der Waals surface area contributed by atoms with Gasteiger partial charge in [0.15, 0.2) is 0 Å². The quantitative estimate of drug-likeness (QED) is 0.892. The summed E-state index contributed by atoms with van der Waals surface area (Å²) >= 11 is 0. The lowest BCUT2D eigenvalue weighted by atomic mass is 9.87. The molecule has 0 aromatic carbocycles. The number of carbonyl (C=O) groups excluding carboxylic acids is 1. The third-order valence-electron chi connectivity index (χ3n) is 4.32. The van der Waals surface area contributed by atoms with Gasteiger partial charge in [-0.25, -0.2) is 0 Å². The number of hydrogen-bond acceptors (Lipinski definition) is 3. The molecule has 2 heterocycles. The van der Waals surface area contributed by atoms with Crippen LogP contribution in [0.4, 0.5) is 0 Å². The molecular formula is C14H24N4O. The van der Waals surface area contributed by atoms with Gasteiger partial charge in [0.25, 0.3) is 0 Å². The normalized spacial score (nSPS) is 24.7. The van der Waals surface area contributed by atoms with Crippen molar-refractivity contribution in [2.45, 2.75) is 32.7 Å². The van der Waals surface area contributed by atoms with Crippen molar-refractivity contribution in [1.29, 1.82) is 0 Å². The third kappa shape index (κ3) is 2.81. The summed E-state index contributed by atoms with van der Waals surface area (Å²) in [6, 6.07) is -0.284. The van der Waals surface area contributed by atoms with Crippen LogP contribution in [0.15, 0.2) is 12.4 Å². The summed E-state index contributed by atoms with van der Waals surface area (Å²) in [5, 5.41) is 7.25. The van der Waals surface area contributed by atoms with E-state index in [0.29, 0.717) is 0 Å². The number of likely N-dealkylation sites (N-methyl/N-ethyl adjacent to an activating group) is 1. The van der Waals surface area contributed by atoms with Gasteiger partial charge in [-0.2, -0.15) is 5.10 Å². The molecular weight excluding hydrogens is 240 g/mol. The average Bonchev–Trinajstić information content (AvgIpc) is 2.98. The minimum atomic E-state index is -0.284. The molecule has 0 saturated carbocycles. The molecule has 1 N–H and O–H groups in total. The molecule has 1 aliphatic heterocycles. The summed E-state index contributed by atoms with van der Waals surface area (Å²) in [6.45, 7) is 6.19. The second kappa shape index (κ2) is 5.33. The molecule has 106 valence electrons. The summed E-state index contributed by atoms with van der Waals surface area (Å²) in [5.74, 6) is 0.160. The highest BCUT2D eigenvalue weighted by atomic mass is 16.2. The van der Waals surface area contributed by atoms with Crippen LogP contribution in [-0.4, -0.2) is 40.7 Å². The maximum absolute atomic E-state index is 12.6. The van der Waals surface area contributed by atoms with E-state index in [4.69, 9.17) is 0 Å². The Morgan fingerprint density at radius 3 is 2.84 bits per heavy atom. The Hall–Kier alpha value is -1.36. The zero-order valence-electron chi connectivity index (χ0n) is 12.3. The van der Waals surface area contributed by atoms with Gasteiger partial charge < -0.3 is 10.2 Å². The van der Waals surface area contributed by atoms with E-state index in [1.807, 2.05) is 25.2 Å². The monoisotopic (exact) mass is 264 g/mol. The van der Waals surface area contributed by atoms with E-state index in [0.717, 1.165) is 31.5 Å². The molecule has 5 heteroatoms. The predicted octanol–water partition coefficient (Wildman–Crippen LogP) is 1.33. The molecule has 19 heavy (non-hydrogen) atoms. The predicted molar refractivity (Wildman–Crippen MR) is 74.6 cm³/mol. The fraction of sp³-hybridized carbons (Fsp3) is 0.714. The van der Waals surface area contributed by atoms with Crippen LogP contribution in [0.1, 0.15) is 38.3 Å². The van der Waals surface area contributed by atoms with Crippen LogP contribution in [0.3, 0.4) is 0 Å². The molecule has 5 nitrogen and oxygen atoms in total. The van der Waals surface area contributed by atoms with Crippen molar-refractivity contribution in [2.75, 3.05) is 20.1 Å². The Morgan fingerprint density at radius 2 is 2.37 bits per heavy atom. The summed E-state index contributed by atoms with van der Waals surface area (Å²) in [4.78, 5) is 14.6. The number of aromatic nitrogens is 2. The summed E-state index contributed by atoms with van der Waals surface area (Å²) < 4.78 is 1.73. The number of nitrogens with zero attached hydrogens (tertiary/aromatic N) is 3. The van der Waals surface area contributed by atoms with Crippen molar-refractivity contribution in [3.05, 3.63) is 18.0 Å². The zero-order valence-corrected chi connectivity index (χ0v) is 12.3. The van der Waals surface area contributed by atoms with Gasteiger partial charge in [0.1, 0.15) is 6.04 Å². The number of likely N-dealkylation sites (tertiary alicyclic amines) is 1. The molecule has 0 bridgehead atoms. The highest BCUT2D eigenvalue weighted by Gasteiger charge is 2.37. The number of amides is 1. The van der Waals surface area contributed by atoms with Gasteiger partial charge in [0.05, 0.1) is 6.20 Å². The highest BCUT2D eigenvalue weighted by Crippen LogP contribution is 2.34. The number of aryl methyl sites for hydroxylation is 1. The maximum Gasteiger partial charge on any atom is 0.244 e. The minimum Gasteiger partial charge on any atom is -0.340 e. The number of nitrogens with one attached hydrogen (secondary N) is 1. The second-order valence-corrected chi connectivity index (χ2v) is 5.84. The molecule has 0 spiro atoms. The van der Waals surface area contributed by atoms with E-state index in [-0.39, 0.29) is 17.4 Å². The Morgan fingerprint density at radius 1 is 1.63 bits per heavy atom. The number of hydrogen-bond donors (Lipinski definition) is 1. The minimum absolute atomic E-state index is 0.160. The van der Waals surface area contributed by atoms with Crippen LogP contribution in [0, 0.1) is 5.41 Å². The molecule has 0 radical (unpaired) electrons. The molecule has 1 saturated heterocycles. The Labute approximate surface area is 115 Å². The molecule has 1 aliphatic rings. The van der Waals surface area contributed by atoms with E-state index in [9.17, 15) is 4.79 Å². The molecule has 2 atom stereocenters. The summed E-state index contributed by atoms with van der Waals surface area (Å²) in [6.07, 6.45) is 5.87. The molecule has 1 fully saturated rings. The van der Waals surface area contributed by atoms with Crippen LogP contribution in [-0.2, 0) is 11.8 Å². The summed E-state index contributed by atoms with van der Waals surface area (Å²) in [7, 11) is 3.69. The highest BCUT2D eigenvalue weighted by molar-refractivity contribution is 5.83. The van der Waals surface area contributed by atoms with Crippen molar-refractivity contribution in [3.8, 4) is 0 Å². The van der Waals surface area contributed by atoms with Gasteiger partial charge in [0, 0.05) is 31.9 Å². The smallest absolute Gasteiger partial charge is 0.244 e. The van der Waals surface area contributed by atoms with Gasteiger partial charge in [0.2, 0.25) is 5.91 Å². The first kappa shape index (κ1) is 14.1. The van der Waals surface area contributed by atoms with E-state index in [1.165, 1.54) is 0 Å². The van der Waals surface area contributed by atoms with E-state index in [1.54, 1.807) is 10.9 Å². The number of carbonyl (C=O) groups is 1. The fourth-order valence-corrected chi connectivity index (χ4v) is 2.70. The molecule has 2 unspecified atom stereocenters. The first-order valence-electron chi connectivity index (χ1n) is 6.93. The average molecular weight is 264 g/mol. The topological polar surface area (TPSA) is 50.2 Å². The van der Waals surface area contributed by atoms with Crippen molar-refractivity contribution < 1.29 is 4.79 Å². The third-order valence-corrected chi connectivity index (χ3v) is 4.32. The molecule has 1 amide bonds. The van der Waals surface area contributed by atoms with Gasteiger partial charge in [-0.05, 0) is 25.3 Å². The Kier molecular flexibility index (Phi) is 3.94. The van der Waals surface area contributed by atoms with Gasteiger partial charge in [-0.3, -0.25) is 9.48 Å². The molecule has 0 aliphatic carbocycles. The molecule has 1 aromatic rings. The molecule has 1 aromatic heterocycles.